The Bertz CT molecular complexity index is 4750. The van der Waals surface area contributed by atoms with Gasteiger partial charge < -0.3 is 115 Å². The van der Waals surface area contributed by atoms with Crippen molar-refractivity contribution in [1.82, 2.24) is 0 Å². The third kappa shape index (κ3) is 38.1. The van der Waals surface area contributed by atoms with Crippen LogP contribution in [-0.4, -0.2) is 254 Å². The topological polar surface area (TPSA) is 294 Å². The summed E-state index contributed by atoms with van der Waals surface area (Å²) in [4.78, 5) is 55.0. The Morgan fingerprint density at radius 1 is 0.486 bits per heavy atom. The first-order chi connectivity index (χ1) is 68.8. The van der Waals surface area contributed by atoms with Crippen molar-refractivity contribution in [1.29, 1.82) is 0 Å². The number of halogens is 7. The van der Waals surface area contributed by atoms with Crippen LogP contribution in [0, 0.1) is 19.7 Å². The van der Waals surface area contributed by atoms with Crippen molar-refractivity contribution in [2.75, 3.05) is 82.4 Å². The van der Waals surface area contributed by atoms with Gasteiger partial charge in [0.2, 0.25) is 27.0 Å². The summed E-state index contributed by atoms with van der Waals surface area (Å²) in [5, 5.41) is 23.0. The van der Waals surface area contributed by atoms with Gasteiger partial charge in [-0.05, 0) is 196 Å². The van der Waals surface area contributed by atoms with Crippen LogP contribution in [-0.2, 0) is 99.5 Å². The molecule has 2 N–H and O–H groups in total. The molecule has 11 heterocycles. The number of rotatable bonds is 38. The quantitative estimate of drug-likeness (QED) is 0.00360. The minimum Gasteiger partial charge on any atom is -1.00 e. The molecule has 4 aromatic carbocycles. The molecule has 0 bridgehead atoms. The summed E-state index contributed by atoms with van der Waals surface area (Å²) in [5.41, 5.74) is -4.99. The summed E-state index contributed by atoms with van der Waals surface area (Å²) in [5.74, 6) is -0.793. The summed E-state index contributed by atoms with van der Waals surface area (Å²) in [6, 6.07) is 42.7. The number of hydrogen-bond donors (Lipinski definition) is 2. The van der Waals surface area contributed by atoms with Crippen LogP contribution in [0.2, 0.25) is 10.1 Å². The van der Waals surface area contributed by atoms with Gasteiger partial charge >= 0.3 is 69.1 Å². The summed E-state index contributed by atoms with van der Waals surface area (Å²) in [6.45, 7) is 46.2. The van der Waals surface area contributed by atoms with Crippen LogP contribution < -0.4 is 74.3 Å². The molecule has 37 heteroatoms. The van der Waals surface area contributed by atoms with Crippen LogP contribution in [0.1, 0.15) is 260 Å². The summed E-state index contributed by atoms with van der Waals surface area (Å²) in [6.07, 6.45) is 26.3. The van der Waals surface area contributed by atoms with Gasteiger partial charge in [-0.3, -0.25) is 23.4 Å². The number of aliphatic hydroxyl groups is 2. The minimum atomic E-state index is -5.78. The molecule has 11 fully saturated rings. The van der Waals surface area contributed by atoms with Gasteiger partial charge in [-0.1, -0.05) is 221 Å². The molecule has 26 nitrogen and oxygen atoms in total. The van der Waals surface area contributed by atoms with Gasteiger partial charge in [0.25, 0.3) is 8.32 Å². The maximum absolute atomic E-state index is 12.6. The molecule has 0 aliphatic carbocycles. The van der Waals surface area contributed by atoms with Gasteiger partial charge in [0.15, 0.2) is 0 Å². The summed E-state index contributed by atoms with van der Waals surface area (Å²) < 4.78 is 147. The molecule has 808 valence electrons. The third-order valence-corrected chi connectivity index (χ3v) is 44.7. The molecule has 18 atom stereocenters. The van der Waals surface area contributed by atoms with Gasteiger partial charge in [0.05, 0.1) is 100 Å². The Morgan fingerprint density at radius 3 is 1.17 bits per heavy atom. The van der Waals surface area contributed by atoms with Crippen molar-refractivity contribution in [3.63, 3.8) is 0 Å². The zero-order valence-corrected chi connectivity index (χ0v) is 98.8. The van der Waals surface area contributed by atoms with Gasteiger partial charge in [-0.25, -0.2) is 19.7 Å². The van der Waals surface area contributed by atoms with Gasteiger partial charge in [0.1, 0.15) is 29.0 Å². The van der Waals surface area contributed by atoms with Crippen molar-refractivity contribution in [3.8, 4) is 0 Å². The standard InChI is InChI=1S/C30H40O4Si.C16H19ClSi.C16H22F3NO7S.C15H22INO4.C14H22INO3.C14H22O4.C4H8O.HI.Na/c1-23-22-25(33-28(23)19-17-24-18-20-29(31)34-24)12-11-21-32-35(30(2,3)4,26-13-7-5-8-14-26)27-15-9-6-10-16-27;1-16(2,3)18(17,14-10-6-4-7-11-14)15-12-8-5-9-13-15;1-20-8-7-11-3-5-13-15(27-11,10-25-28(22,23)16(17,18)19)9-12(26-13)4-6-14(21)24-2;1-17-8-7-11-3-5-13-15(10-16,21-11)9-12(20-13)4-6-14(18)19-2;1-16-7-6-11-4-5-13-14(10-15,19-11)9-12(18-13)3-2-8-17;1-10-9-12(3-2-8-15)17-13(10)6-4-11-5-7-14(16)18-11;1-2-4-5-3-1;;/h5-10,13-16,24-25,28H,1,11-12,17-22H2,2-4H3;4-13H,1-3H3;11-13H,3-10H2,2H3;11-13H,3-10H2,2H3;11-13,17H,2-10H2;11-13,15H,1-9H2;1-4H2;1H;/q;;;;;;;;+1/p-1/t24?,25-,28-;;2*11-,12+,13+,15-;11-,12+,13+,14-;11?,12-,13-;;;/m0.1110.../s1. The monoisotopic (exact) mass is 2460 g/mol. The van der Waals surface area contributed by atoms with Gasteiger partial charge in [-0.15, -0.1) is 0 Å². The molecule has 0 amide bonds. The second-order valence-electron chi connectivity index (χ2n) is 41.2. The molecule has 15 rings (SSSR count). The number of alkyl halides is 5. The van der Waals surface area contributed by atoms with E-state index in [4.69, 9.17) is 97.5 Å². The van der Waals surface area contributed by atoms with E-state index in [1.165, 1.54) is 53.4 Å². The molecule has 11 aliphatic heterocycles. The fourth-order valence-electron chi connectivity index (χ4n) is 21.1. The number of fused-ring (bicyclic) bond motifs is 3. The zero-order valence-electron chi connectivity index (χ0n) is 86.8. The average Bonchev–Trinajstić information content (AvgIpc) is 0.941. The predicted molar refractivity (Wildman–Crippen MR) is 570 cm³/mol. The molecule has 0 spiro atoms. The fraction of sp³-hybridized carbons (Fsp3) is 0.679. The first kappa shape index (κ1) is 129. The average molecular weight is 2460 g/mol. The maximum atomic E-state index is 12.6. The van der Waals surface area contributed by atoms with Crippen LogP contribution in [0.3, 0.4) is 0 Å². The van der Waals surface area contributed by atoms with Crippen molar-refractivity contribution in [2.24, 2.45) is 0 Å². The van der Waals surface area contributed by atoms with Crippen LogP contribution >= 0.6 is 56.3 Å². The number of ether oxygens (including phenoxy) is 13. The molecule has 146 heavy (non-hydrogen) atoms. The first-order valence-electron chi connectivity index (χ1n) is 51.4. The molecular weight excluding hydrogens is 2300 g/mol. The van der Waals surface area contributed by atoms with Crippen LogP contribution in [0.25, 0.3) is 14.5 Å². The third-order valence-electron chi connectivity index (χ3n) is 28.7. The smallest absolute Gasteiger partial charge is 1.00 e. The molecular formula is C109H155ClF3I3N3NaO23SSi2. The molecule has 4 aromatic rings. The maximum Gasteiger partial charge on any atom is 1.00 e. The second-order valence-corrected chi connectivity index (χ2v) is 54.3. The molecule has 11 aliphatic rings. The van der Waals surface area contributed by atoms with Crippen LogP contribution in [0.5, 0.6) is 0 Å². The Morgan fingerprint density at radius 2 is 0.842 bits per heavy atom. The molecule has 0 saturated carbocycles. The van der Waals surface area contributed by atoms with E-state index in [2.05, 4.69) is 237 Å². The molecule has 0 radical (unpaired) electrons. The predicted octanol–water partition coefficient (Wildman–Crippen LogP) is 13.6. The van der Waals surface area contributed by atoms with Gasteiger partial charge in [-0.2, -0.15) is 32.7 Å². The van der Waals surface area contributed by atoms with Crippen LogP contribution in [0.15, 0.2) is 146 Å². The number of cyclic esters (lactones) is 2. The van der Waals surface area contributed by atoms with E-state index in [-0.39, 0.29) is 205 Å². The number of aliphatic hydroxyl groups excluding tert-OH is 2. The molecule has 0 aromatic heterocycles. The van der Waals surface area contributed by atoms with Crippen molar-refractivity contribution in [2.45, 2.75) is 384 Å². The second kappa shape index (κ2) is 63.8. The molecule has 11 saturated heterocycles. The Labute approximate surface area is 938 Å². The van der Waals surface area contributed by atoms with E-state index in [0.717, 1.165) is 169 Å². The summed E-state index contributed by atoms with van der Waals surface area (Å²) >= 11 is 12.0. The Hall–Kier alpha value is -4.16. The number of carbonyl (C=O) groups excluding carboxylic acids is 4. The van der Waals surface area contributed by atoms with Crippen molar-refractivity contribution >= 4 is 127 Å². The van der Waals surface area contributed by atoms with E-state index in [0.29, 0.717) is 64.6 Å². The Balaban J connectivity index is 0.000000238. The van der Waals surface area contributed by atoms with Gasteiger partial charge in [0, 0.05) is 106 Å². The van der Waals surface area contributed by atoms with E-state index < -0.39 is 67.8 Å². The number of benzene rings is 4. The van der Waals surface area contributed by atoms with E-state index in [9.17, 15) is 40.8 Å². The first-order valence-corrected chi connectivity index (χ1v) is 60.8. The molecule has 2 unspecified atom stereocenters. The number of esters is 4. The number of methoxy groups -OCH3 is 2. The van der Waals surface area contributed by atoms with E-state index >= 15 is 0 Å². The number of carbonyl (C=O) groups is 4. The number of nitrogens with zero attached hydrogens (tertiary/aromatic N) is 3. The fourth-order valence-corrected chi connectivity index (χ4v) is 32.3. The zero-order chi connectivity index (χ0) is 105. The largest absolute Gasteiger partial charge is 1.00 e. The van der Waals surface area contributed by atoms with E-state index in [1.807, 2.05) is 12.1 Å². The SMILES string of the molecule is C1CCOC1.C=C1C[C@H](CCCO)O[C@H]1CCC1CCC(=O)O1.C=C1C[C@H](CCCO[Si](c2ccccc2)(c2ccccc2)C(C)(C)C)O[C@H]1CCC1CCC(=O)O1.CC(C)(C)[Si](Cl)(c1ccccc1)c1ccccc1.[C-]#[N+]CC[C@H]1CC[C@@H]2O[C@@H](CCC(=O)OC)C[C@]2(CI)O1.[C-]#[N+]CC[C@H]1CC[C@@H]2O[C@@H](CCC(=O)OC)C[C@]2(COS(=O)(=O)C(F)(F)F)O1.[C-]#[N+]CC[C@H]1CC[C@@H]2O[C@@H](CCCO)C[C@]2(CI)O1.[I-].[Na+]. The summed E-state index contributed by atoms with van der Waals surface area (Å²) in [7, 11) is -7.85. The number of hydrogen-bond acceptors (Lipinski definition) is 23. The van der Waals surface area contributed by atoms with Crippen molar-refractivity contribution < 1.29 is 175 Å². The van der Waals surface area contributed by atoms with Crippen molar-refractivity contribution in [3.05, 3.63) is 180 Å². The van der Waals surface area contributed by atoms with Crippen LogP contribution in [0.4, 0.5) is 13.2 Å². The minimum absolute atomic E-state index is 0. The van der Waals surface area contributed by atoms with E-state index in [1.54, 1.807) is 0 Å². The Kier molecular flexibility index (Phi) is 56.2. The normalized spacial score (nSPS) is 27.6.